The zero-order chi connectivity index (χ0) is 18.0. The number of carbonyl (C=O) groups excluding carboxylic acids is 1. The van der Waals surface area contributed by atoms with Gasteiger partial charge >= 0.3 is 0 Å². The number of benzene rings is 1. The summed E-state index contributed by atoms with van der Waals surface area (Å²) in [5.74, 6) is 2.48. The van der Waals surface area contributed by atoms with Gasteiger partial charge in [0.05, 0.1) is 34.1 Å². The molecule has 0 saturated heterocycles. The molecule has 0 unspecified atom stereocenters. The molecule has 25 heavy (non-hydrogen) atoms. The summed E-state index contributed by atoms with van der Waals surface area (Å²) in [6.45, 7) is 0.244. The minimum atomic E-state index is -0.0936. The van der Waals surface area contributed by atoms with Crippen LogP contribution in [0, 0.1) is 0 Å². The van der Waals surface area contributed by atoms with Crippen molar-refractivity contribution in [3.63, 3.8) is 0 Å². The zero-order valence-electron chi connectivity index (χ0n) is 14.4. The molecule has 9 nitrogen and oxygen atoms in total. The fraction of sp³-hybridized carbons (Fsp3) is 0.312. The van der Waals surface area contributed by atoms with Crippen molar-refractivity contribution in [2.24, 2.45) is 0 Å². The van der Waals surface area contributed by atoms with E-state index in [9.17, 15) is 4.79 Å². The Morgan fingerprint density at radius 3 is 2.44 bits per heavy atom. The maximum absolute atomic E-state index is 11.6. The average molecular weight is 345 g/mol. The van der Waals surface area contributed by atoms with Crippen molar-refractivity contribution < 1.29 is 19.0 Å². The number of anilines is 4. The molecule has 132 valence electrons. The number of likely N-dealkylation sites (N-methyl/N-ethyl adjacent to an activating group) is 1. The molecule has 1 aliphatic rings. The fourth-order valence-electron chi connectivity index (χ4n) is 2.57. The highest BCUT2D eigenvalue weighted by molar-refractivity contribution is 6.00. The minimum absolute atomic E-state index is 0.0936. The summed E-state index contributed by atoms with van der Waals surface area (Å²) >= 11 is 0. The monoisotopic (exact) mass is 345 g/mol. The van der Waals surface area contributed by atoms with Gasteiger partial charge in [-0.25, -0.2) is 4.98 Å². The quantitative estimate of drug-likeness (QED) is 0.844. The number of amides is 1. The topological polar surface area (TPSA) is 97.8 Å². The maximum atomic E-state index is 11.6. The molecule has 0 radical (unpaired) electrons. The van der Waals surface area contributed by atoms with Crippen LogP contribution in [0.25, 0.3) is 0 Å². The van der Waals surface area contributed by atoms with Crippen LogP contribution >= 0.6 is 0 Å². The Morgan fingerprint density at radius 1 is 1.16 bits per heavy atom. The van der Waals surface area contributed by atoms with Gasteiger partial charge in [0.25, 0.3) is 0 Å². The van der Waals surface area contributed by atoms with Crippen molar-refractivity contribution in [1.29, 1.82) is 0 Å². The summed E-state index contributed by atoms with van der Waals surface area (Å²) in [6, 6.07) is 3.52. The smallest absolute Gasteiger partial charge is 0.244 e. The third-order valence-corrected chi connectivity index (χ3v) is 3.71. The molecule has 2 N–H and O–H groups in total. The molecule has 0 spiro atoms. The SMILES string of the molecule is COc1cc(Nc2ncc3c(n2)N(C)CC(=O)N3)cc(OC)c1OC. The Balaban J connectivity index is 1.93. The number of carbonyl (C=O) groups is 1. The highest BCUT2D eigenvalue weighted by Gasteiger charge is 2.21. The van der Waals surface area contributed by atoms with Crippen molar-refractivity contribution in [1.82, 2.24) is 9.97 Å². The van der Waals surface area contributed by atoms with Crippen LogP contribution in [0.4, 0.5) is 23.1 Å². The molecule has 1 aromatic carbocycles. The molecule has 0 fully saturated rings. The molecule has 9 heteroatoms. The van der Waals surface area contributed by atoms with Gasteiger partial charge in [-0.05, 0) is 0 Å². The second kappa shape index (κ2) is 6.71. The van der Waals surface area contributed by atoms with E-state index in [1.807, 2.05) is 0 Å². The second-order valence-corrected chi connectivity index (χ2v) is 5.37. The lowest BCUT2D eigenvalue weighted by atomic mass is 10.2. The van der Waals surface area contributed by atoms with E-state index >= 15 is 0 Å². The number of nitrogens with zero attached hydrogens (tertiary/aromatic N) is 3. The molecule has 1 aliphatic heterocycles. The maximum Gasteiger partial charge on any atom is 0.244 e. The van der Waals surface area contributed by atoms with E-state index in [1.54, 1.807) is 51.6 Å². The number of hydrogen-bond donors (Lipinski definition) is 2. The zero-order valence-corrected chi connectivity index (χ0v) is 14.4. The number of methoxy groups -OCH3 is 3. The Hall–Kier alpha value is -3.23. The highest BCUT2D eigenvalue weighted by Crippen LogP contribution is 2.40. The predicted molar refractivity (Wildman–Crippen MR) is 93.3 cm³/mol. The molecule has 1 aromatic heterocycles. The lowest BCUT2D eigenvalue weighted by molar-refractivity contribution is -0.115. The van der Waals surface area contributed by atoms with Crippen LogP contribution in [0.3, 0.4) is 0 Å². The fourth-order valence-corrected chi connectivity index (χ4v) is 2.57. The van der Waals surface area contributed by atoms with E-state index in [0.717, 1.165) is 0 Å². The summed E-state index contributed by atoms with van der Waals surface area (Å²) in [5.41, 5.74) is 1.26. The van der Waals surface area contributed by atoms with E-state index in [1.165, 1.54) is 0 Å². The highest BCUT2D eigenvalue weighted by atomic mass is 16.5. The molecule has 2 aromatic rings. The first-order valence-electron chi connectivity index (χ1n) is 7.50. The number of rotatable bonds is 5. The van der Waals surface area contributed by atoms with Gasteiger partial charge in [-0.3, -0.25) is 4.79 Å². The number of ether oxygens (including phenoxy) is 3. The van der Waals surface area contributed by atoms with Crippen LogP contribution in [0.2, 0.25) is 0 Å². The summed E-state index contributed by atoms with van der Waals surface area (Å²) in [5, 5.41) is 5.85. The first-order chi connectivity index (χ1) is 12.0. The third-order valence-electron chi connectivity index (χ3n) is 3.71. The Kier molecular flexibility index (Phi) is 4.46. The van der Waals surface area contributed by atoms with Gasteiger partial charge in [-0.15, -0.1) is 0 Å². The average Bonchev–Trinajstić information content (AvgIpc) is 2.61. The predicted octanol–water partition coefficient (Wildman–Crippen LogP) is 1.63. The van der Waals surface area contributed by atoms with Crippen molar-refractivity contribution in [3.8, 4) is 17.2 Å². The van der Waals surface area contributed by atoms with E-state index < -0.39 is 0 Å². The molecule has 0 aliphatic carbocycles. The molecule has 3 rings (SSSR count). The van der Waals surface area contributed by atoms with Crippen molar-refractivity contribution >= 4 is 29.0 Å². The second-order valence-electron chi connectivity index (χ2n) is 5.37. The standard InChI is InChI=1S/C16H19N5O4/c1-21-8-13(22)19-10-7-17-16(20-15(10)21)18-9-5-11(23-2)14(25-4)12(6-9)24-3/h5-7H,8H2,1-4H3,(H,19,22)(H,17,18,20). The number of nitrogens with one attached hydrogen (secondary N) is 2. The molecule has 0 saturated carbocycles. The molecule has 2 heterocycles. The van der Waals surface area contributed by atoms with E-state index in [4.69, 9.17) is 14.2 Å². The van der Waals surface area contributed by atoms with Gasteiger partial charge in [0.15, 0.2) is 17.3 Å². The molecule has 0 atom stereocenters. The van der Waals surface area contributed by atoms with Crippen LogP contribution < -0.4 is 29.7 Å². The van der Waals surface area contributed by atoms with Gasteiger partial charge in [0.2, 0.25) is 17.6 Å². The first kappa shape index (κ1) is 16.6. The largest absolute Gasteiger partial charge is 0.493 e. The van der Waals surface area contributed by atoms with Gasteiger partial charge in [0, 0.05) is 24.9 Å². The summed E-state index contributed by atoms with van der Waals surface area (Å²) in [7, 11) is 6.44. The normalized spacial score (nSPS) is 13.0. The molecule has 1 amide bonds. The molecular weight excluding hydrogens is 326 g/mol. The summed E-state index contributed by atoms with van der Waals surface area (Å²) in [6.07, 6.45) is 1.57. The summed E-state index contributed by atoms with van der Waals surface area (Å²) < 4.78 is 16.0. The number of aromatic nitrogens is 2. The number of fused-ring (bicyclic) bond motifs is 1. The van der Waals surface area contributed by atoms with Gasteiger partial charge in [-0.2, -0.15) is 4.98 Å². The first-order valence-corrected chi connectivity index (χ1v) is 7.50. The van der Waals surface area contributed by atoms with E-state index in [-0.39, 0.29) is 12.5 Å². The van der Waals surface area contributed by atoms with Crippen LogP contribution in [0.5, 0.6) is 17.2 Å². The lowest BCUT2D eigenvalue weighted by Gasteiger charge is -2.25. The molecular formula is C16H19N5O4. The van der Waals surface area contributed by atoms with Crippen molar-refractivity contribution in [2.75, 3.05) is 50.5 Å². The third kappa shape index (κ3) is 3.21. The Bertz CT molecular complexity index is 786. The van der Waals surface area contributed by atoms with Crippen molar-refractivity contribution in [2.45, 2.75) is 0 Å². The van der Waals surface area contributed by atoms with Gasteiger partial charge < -0.3 is 29.7 Å². The van der Waals surface area contributed by atoms with Gasteiger partial charge in [-0.1, -0.05) is 0 Å². The van der Waals surface area contributed by atoms with Gasteiger partial charge in [0.1, 0.15) is 5.69 Å². The van der Waals surface area contributed by atoms with Crippen molar-refractivity contribution in [3.05, 3.63) is 18.3 Å². The van der Waals surface area contributed by atoms with E-state index in [0.29, 0.717) is 40.4 Å². The lowest BCUT2D eigenvalue weighted by Crippen LogP contribution is -2.36. The van der Waals surface area contributed by atoms with Crippen LogP contribution in [-0.4, -0.2) is 50.8 Å². The minimum Gasteiger partial charge on any atom is -0.493 e. The van der Waals surface area contributed by atoms with Crippen LogP contribution in [0.1, 0.15) is 0 Å². The Labute approximate surface area is 144 Å². The molecule has 0 bridgehead atoms. The van der Waals surface area contributed by atoms with E-state index in [2.05, 4.69) is 20.6 Å². The number of hydrogen-bond acceptors (Lipinski definition) is 8. The summed E-state index contributed by atoms with van der Waals surface area (Å²) in [4.78, 5) is 22.0. The van der Waals surface area contributed by atoms with Crippen LogP contribution in [-0.2, 0) is 4.79 Å². The van der Waals surface area contributed by atoms with Crippen LogP contribution in [0.15, 0.2) is 18.3 Å². The Morgan fingerprint density at radius 2 is 1.84 bits per heavy atom.